The predicted molar refractivity (Wildman–Crippen MR) is 110 cm³/mol. The molecule has 0 aliphatic rings. The van der Waals surface area contributed by atoms with E-state index < -0.39 is 5.82 Å². The highest BCUT2D eigenvalue weighted by Gasteiger charge is 2.10. The minimum Gasteiger partial charge on any atom is -0.378 e. The van der Waals surface area contributed by atoms with Crippen LogP contribution in [0.1, 0.15) is 20.7 Å². The topological polar surface area (TPSA) is 61.4 Å². The number of halogens is 1. The van der Waals surface area contributed by atoms with Crippen LogP contribution in [0.4, 0.5) is 21.5 Å². The molecule has 0 heterocycles. The summed E-state index contributed by atoms with van der Waals surface area (Å²) in [4.78, 5) is 26.6. The van der Waals surface area contributed by atoms with E-state index in [1.807, 2.05) is 43.3 Å². The molecule has 28 heavy (non-hydrogen) atoms. The van der Waals surface area contributed by atoms with Gasteiger partial charge in [-0.2, -0.15) is 0 Å². The molecule has 0 aliphatic heterocycles. The number of hydrogen-bond acceptors (Lipinski definition) is 3. The maximum atomic E-state index is 13.2. The molecule has 0 saturated heterocycles. The normalized spacial score (nSPS) is 10.2. The molecule has 0 spiro atoms. The summed E-state index contributed by atoms with van der Waals surface area (Å²) in [5.74, 6) is -1.07. The predicted octanol–water partition coefficient (Wildman–Crippen LogP) is 4.40. The van der Waals surface area contributed by atoms with Crippen LogP contribution in [-0.2, 0) is 0 Å². The largest absolute Gasteiger partial charge is 0.378 e. The van der Waals surface area contributed by atoms with Gasteiger partial charge in [0, 0.05) is 42.3 Å². The Hall–Kier alpha value is -3.67. The smallest absolute Gasteiger partial charge is 0.255 e. The number of rotatable bonds is 5. The Labute approximate surface area is 162 Å². The van der Waals surface area contributed by atoms with Gasteiger partial charge >= 0.3 is 0 Å². The van der Waals surface area contributed by atoms with Crippen LogP contribution in [0.2, 0.25) is 0 Å². The van der Waals surface area contributed by atoms with E-state index in [9.17, 15) is 14.0 Å². The van der Waals surface area contributed by atoms with E-state index >= 15 is 0 Å². The fourth-order valence-corrected chi connectivity index (χ4v) is 2.59. The van der Waals surface area contributed by atoms with Crippen LogP contribution in [0.15, 0.2) is 72.8 Å². The second-order valence-electron chi connectivity index (χ2n) is 6.44. The van der Waals surface area contributed by atoms with Crippen LogP contribution in [0.3, 0.4) is 0 Å². The summed E-state index contributed by atoms with van der Waals surface area (Å²) in [6.45, 7) is 0. The van der Waals surface area contributed by atoms with E-state index in [2.05, 4.69) is 10.6 Å². The molecule has 5 nitrogen and oxygen atoms in total. The van der Waals surface area contributed by atoms with E-state index in [-0.39, 0.29) is 11.8 Å². The van der Waals surface area contributed by atoms with Gasteiger partial charge in [0.05, 0.1) is 0 Å². The average molecular weight is 377 g/mol. The van der Waals surface area contributed by atoms with Crippen molar-refractivity contribution < 1.29 is 14.0 Å². The molecule has 6 heteroatoms. The summed E-state index contributed by atoms with van der Waals surface area (Å²) in [6, 6.07) is 19.4. The first kappa shape index (κ1) is 19.1. The number of anilines is 3. The maximum absolute atomic E-state index is 13.2. The zero-order chi connectivity index (χ0) is 20.1. The van der Waals surface area contributed by atoms with Crippen molar-refractivity contribution in [2.75, 3.05) is 29.6 Å². The monoisotopic (exact) mass is 377 g/mol. The quantitative estimate of drug-likeness (QED) is 0.693. The Morgan fingerprint density at radius 3 is 1.79 bits per heavy atom. The number of benzene rings is 3. The van der Waals surface area contributed by atoms with Crippen LogP contribution in [0.5, 0.6) is 0 Å². The molecule has 0 aliphatic carbocycles. The number of amides is 2. The second-order valence-corrected chi connectivity index (χ2v) is 6.44. The van der Waals surface area contributed by atoms with E-state index in [0.717, 1.165) is 5.69 Å². The highest BCUT2D eigenvalue weighted by molar-refractivity contribution is 6.07. The summed E-state index contributed by atoms with van der Waals surface area (Å²) in [6.07, 6.45) is 0. The summed E-state index contributed by atoms with van der Waals surface area (Å²) in [5, 5.41) is 5.44. The van der Waals surface area contributed by atoms with Crippen molar-refractivity contribution in [2.24, 2.45) is 0 Å². The summed E-state index contributed by atoms with van der Waals surface area (Å²) in [7, 11) is 3.89. The average Bonchev–Trinajstić information content (AvgIpc) is 2.68. The van der Waals surface area contributed by atoms with Crippen molar-refractivity contribution >= 4 is 28.9 Å². The first-order valence-electron chi connectivity index (χ1n) is 8.68. The fraction of sp³-hybridized carbons (Fsp3) is 0.0909. The highest BCUT2D eigenvalue weighted by atomic mass is 19.1. The number of nitrogens with one attached hydrogen (secondary N) is 2. The Balaban J connectivity index is 1.64. The molecule has 0 saturated carbocycles. The minimum absolute atomic E-state index is 0.269. The lowest BCUT2D eigenvalue weighted by molar-refractivity contribution is 0.101. The summed E-state index contributed by atoms with van der Waals surface area (Å²) < 4.78 is 13.2. The lowest BCUT2D eigenvalue weighted by Crippen LogP contribution is -2.14. The maximum Gasteiger partial charge on any atom is 0.255 e. The molecule has 0 fully saturated rings. The molecule has 0 bridgehead atoms. The molecule has 2 N–H and O–H groups in total. The number of carbonyl (C=O) groups excluding carboxylic acids is 2. The third-order valence-electron chi connectivity index (χ3n) is 4.13. The van der Waals surface area contributed by atoms with Gasteiger partial charge in [-0.25, -0.2) is 4.39 Å². The minimum atomic E-state index is -0.427. The van der Waals surface area contributed by atoms with Crippen LogP contribution in [-0.4, -0.2) is 25.9 Å². The highest BCUT2D eigenvalue weighted by Crippen LogP contribution is 2.17. The molecule has 0 atom stereocenters. The summed E-state index contributed by atoms with van der Waals surface area (Å²) in [5.41, 5.74) is 2.89. The molecule has 0 aromatic heterocycles. The van der Waals surface area contributed by atoms with Crippen molar-refractivity contribution in [3.63, 3.8) is 0 Å². The first-order valence-corrected chi connectivity index (χ1v) is 8.68. The van der Waals surface area contributed by atoms with Crippen LogP contribution < -0.4 is 15.5 Å². The Bertz CT molecular complexity index is 983. The SMILES string of the molecule is CN(C)c1ccc(NC(=O)c2ccc(C(=O)Nc3cccc(F)c3)cc2)cc1. The van der Waals surface area contributed by atoms with Gasteiger partial charge in [0.25, 0.3) is 11.8 Å². The van der Waals surface area contributed by atoms with Gasteiger partial charge in [-0.15, -0.1) is 0 Å². The van der Waals surface area contributed by atoms with Gasteiger partial charge in [-0.1, -0.05) is 6.07 Å². The van der Waals surface area contributed by atoms with Gasteiger partial charge in [0.1, 0.15) is 5.82 Å². The van der Waals surface area contributed by atoms with Crippen molar-refractivity contribution in [3.05, 3.63) is 89.7 Å². The molecular weight excluding hydrogens is 357 g/mol. The zero-order valence-electron chi connectivity index (χ0n) is 15.6. The first-order chi connectivity index (χ1) is 13.4. The van der Waals surface area contributed by atoms with Gasteiger partial charge < -0.3 is 15.5 Å². The molecule has 3 aromatic carbocycles. The molecule has 142 valence electrons. The van der Waals surface area contributed by atoms with E-state index in [1.165, 1.54) is 18.2 Å². The van der Waals surface area contributed by atoms with Gasteiger partial charge in [0.2, 0.25) is 0 Å². The van der Waals surface area contributed by atoms with E-state index in [1.54, 1.807) is 30.3 Å². The Morgan fingerprint density at radius 1 is 0.750 bits per heavy atom. The Morgan fingerprint density at radius 2 is 1.29 bits per heavy atom. The summed E-state index contributed by atoms with van der Waals surface area (Å²) >= 11 is 0. The number of nitrogens with zero attached hydrogens (tertiary/aromatic N) is 1. The molecule has 3 rings (SSSR count). The zero-order valence-corrected chi connectivity index (χ0v) is 15.6. The second kappa shape index (κ2) is 8.35. The molecule has 0 unspecified atom stereocenters. The number of carbonyl (C=O) groups is 2. The Kier molecular flexibility index (Phi) is 5.69. The standard InChI is InChI=1S/C22H20FN3O2/c1-26(2)20-12-10-18(11-13-20)24-21(27)15-6-8-16(9-7-15)22(28)25-19-5-3-4-17(23)14-19/h3-14H,1-2H3,(H,24,27)(H,25,28). The van der Waals surface area contributed by atoms with Crippen molar-refractivity contribution in [3.8, 4) is 0 Å². The fourth-order valence-electron chi connectivity index (χ4n) is 2.59. The van der Waals surface area contributed by atoms with E-state index in [4.69, 9.17) is 0 Å². The molecular formula is C22H20FN3O2. The van der Waals surface area contributed by atoms with Crippen LogP contribution in [0.25, 0.3) is 0 Å². The van der Waals surface area contributed by atoms with Crippen molar-refractivity contribution in [2.45, 2.75) is 0 Å². The molecule has 3 aromatic rings. The van der Waals surface area contributed by atoms with Crippen LogP contribution in [0, 0.1) is 5.82 Å². The third-order valence-corrected chi connectivity index (χ3v) is 4.13. The van der Waals surface area contributed by atoms with Gasteiger partial charge in [-0.3, -0.25) is 9.59 Å². The van der Waals surface area contributed by atoms with Gasteiger partial charge in [0.15, 0.2) is 0 Å². The lowest BCUT2D eigenvalue weighted by atomic mass is 10.1. The third kappa shape index (κ3) is 4.73. The number of hydrogen-bond donors (Lipinski definition) is 2. The molecule has 2 amide bonds. The van der Waals surface area contributed by atoms with Crippen LogP contribution >= 0.6 is 0 Å². The van der Waals surface area contributed by atoms with Gasteiger partial charge in [-0.05, 0) is 66.7 Å². The van der Waals surface area contributed by atoms with Crippen molar-refractivity contribution in [1.82, 2.24) is 0 Å². The lowest BCUT2D eigenvalue weighted by Gasteiger charge is -2.13. The van der Waals surface area contributed by atoms with E-state index in [0.29, 0.717) is 22.5 Å². The molecule has 0 radical (unpaired) electrons. The van der Waals surface area contributed by atoms with Crippen molar-refractivity contribution in [1.29, 1.82) is 0 Å².